The minimum absolute atomic E-state index is 0.165. The second kappa shape index (κ2) is 12.0. The smallest absolute Gasteiger partial charge is 0.280 e. The normalized spacial score (nSPS) is 14.2. The topological polar surface area (TPSA) is 69.6 Å². The van der Waals surface area contributed by atoms with Gasteiger partial charge in [-0.15, -0.1) is 0 Å². The van der Waals surface area contributed by atoms with E-state index in [4.69, 9.17) is 18.9 Å². The van der Waals surface area contributed by atoms with Crippen molar-refractivity contribution < 1.29 is 23.7 Å². The lowest BCUT2D eigenvalue weighted by Gasteiger charge is -2.12. The number of methoxy groups -OCH3 is 1. The number of hydrogen-bond acceptors (Lipinski definition) is 6. The van der Waals surface area contributed by atoms with Gasteiger partial charge in [0.15, 0.2) is 11.5 Å². The average molecular weight is 487 g/mol. The maximum Gasteiger partial charge on any atom is 0.280 e. The molecule has 3 aromatic rings. The van der Waals surface area contributed by atoms with Gasteiger partial charge in [-0.25, -0.2) is 0 Å². The Bertz CT molecular complexity index is 1240. The molecule has 0 saturated heterocycles. The lowest BCUT2D eigenvalue weighted by molar-refractivity contribution is -0.114. The fourth-order valence-electron chi connectivity index (χ4n) is 3.65. The standard InChI is InChI=1S/C29H30N2O5/c1-21-9-12-25(13-10-21)35-17-15-34-16-18-36-27-14-11-23(20-28(27)33-3)19-26-22(2)30-31(29(26)32)24-7-5-4-6-8-24/h4-14,19-20H,15-18H2,1-3H3. The van der Waals surface area contributed by atoms with Crippen LogP contribution in [0.1, 0.15) is 18.1 Å². The van der Waals surface area contributed by atoms with Crippen LogP contribution in [0.5, 0.6) is 17.2 Å². The zero-order valence-corrected chi connectivity index (χ0v) is 20.8. The van der Waals surface area contributed by atoms with E-state index in [0.29, 0.717) is 49.2 Å². The van der Waals surface area contributed by atoms with Crippen molar-refractivity contribution in [2.24, 2.45) is 5.10 Å². The Morgan fingerprint density at radius 2 is 1.56 bits per heavy atom. The Labute approximate surface area is 211 Å². The quantitative estimate of drug-likeness (QED) is 0.272. The molecule has 0 atom stereocenters. The van der Waals surface area contributed by atoms with Crippen LogP contribution < -0.4 is 19.2 Å². The highest BCUT2D eigenvalue weighted by Gasteiger charge is 2.28. The molecule has 1 aliphatic heterocycles. The van der Waals surface area contributed by atoms with E-state index in [1.807, 2.05) is 92.7 Å². The van der Waals surface area contributed by atoms with Gasteiger partial charge in [-0.05, 0) is 61.9 Å². The molecule has 1 aliphatic rings. The Morgan fingerprint density at radius 3 is 2.28 bits per heavy atom. The molecule has 3 aromatic carbocycles. The minimum Gasteiger partial charge on any atom is -0.493 e. The summed E-state index contributed by atoms with van der Waals surface area (Å²) in [7, 11) is 1.59. The van der Waals surface area contributed by atoms with Crippen LogP contribution in [-0.4, -0.2) is 45.2 Å². The molecule has 36 heavy (non-hydrogen) atoms. The number of aryl methyl sites for hydroxylation is 1. The van der Waals surface area contributed by atoms with Crippen molar-refractivity contribution >= 4 is 23.4 Å². The molecule has 0 aromatic heterocycles. The van der Waals surface area contributed by atoms with E-state index in [1.54, 1.807) is 7.11 Å². The summed E-state index contributed by atoms with van der Waals surface area (Å²) in [6.45, 7) is 5.60. The number of nitrogens with zero attached hydrogens (tertiary/aromatic N) is 2. The second-order valence-corrected chi connectivity index (χ2v) is 8.23. The summed E-state index contributed by atoms with van der Waals surface area (Å²) in [6.07, 6.45) is 1.81. The van der Waals surface area contributed by atoms with Crippen molar-refractivity contribution in [1.82, 2.24) is 0 Å². The molecule has 0 fully saturated rings. The number of anilines is 1. The van der Waals surface area contributed by atoms with Crippen LogP contribution in [-0.2, 0) is 9.53 Å². The first-order valence-corrected chi connectivity index (χ1v) is 11.8. The molecule has 0 spiro atoms. The van der Waals surface area contributed by atoms with E-state index in [-0.39, 0.29) is 5.91 Å². The van der Waals surface area contributed by atoms with Crippen molar-refractivity contribution in [2.75, 3.05) is 38.5 Å². The molecule has 0 N–H and O–H groups in total. The summed E-state index contributed by atoms with van der Waals surface area (Å²) < 4.78 is 22.6. The van der Waals surface area contributed by atoms with Crippen LogP contribution in [0, 0.1) is 6.92 Å². The number of hydrogen-bond donors (Lipinski definition) is 0. The molecule has 0 saturated carbocycles. The Hall–Kier alpha value is -4.10. The fourth-order valence-corrected chi connectivity index (χ4v) is 3.65. The maximum absolute atomic E-state index is 12.9. The number of carbonyl (C=O) groups is 1. The van der Waals surface area contributed by atoms with Gasteiger partial charge in [0, 0.05) is 0 Å². The summed E-state index contributed by atoms with van der Waals surface area (Å²) in [5.41, 5.74) is 3.94. The van der Waals surface area contributed by atoms with Gasteiger partial charge < -0.3 is 18.9 Å². The monoisotopic (exact) mass is 486 g/mol. The lowest BCUT2D eigenvalue weighted by Crippen LogP contribution is -2.21. The molecular formula is C29H30N2O5. The minimum atomic E-state index is -0.165. The van der Waals surface area contributed by atoms with Gasteiger partial charge in [-0.2, -0.15) is 10.1 Å². The Balaban J connectivity index is 1.28. The molecule has 0 bridgehead atoms. The number of rotatable bonds is 11. The summed E-state index contributed by atoms with van der Waals surface area (Å²) in [5, 5.41) is 5.84. The van der Waals surface area contributed by atoms with Gasteiger partial charge in [-0.1, -0.05) is 42.0 Å². The Morgan fingerprint density at radius 1 is 0.833 bits per heavy atom. The highest BCUT2D eigenvalue weighted by molar-refractivity contribution is 6.32. The number of hydrazone groups is 1. The number of ether oxygens (including phenoxy) is 4. The van der Waals surface area contributed by atoms with Crippen LogP contribution in [0.3, 0.4) is 0 Å². The first-order chi connectivity index (χ1) is 17.5. The number of para-hydroxylation sites is 1. The van der Waals surface area contributed by atoms with Gasteiger partial charge in [0.05, 0.1) is 37.3 Å². The largest absolute Gasteiger partial charge is 0.493 e. The van der Waals surface area contributed by atoms with E-state index in [1.165, 1.54) is 10.6 Å². The predicted octanol–water partition coefficient (Wildman–Crippen LogP) is 5.28. The average Bonchev–Trinajstić information content (AvgIpc) is 3.18. The zero-order chi connectivity index (χ0) is 25.3. The predicted molar refractivity (Wildman–Crippen MR) is 141 cm³/mol. The first kappa shape index (κ1) is 25.0. The highest BCUT2D eigenvalue weighted by atomic mass is 16.6. The van der Waals surface area contributed by atoms with Crippen molar-refractivity contribution in [1.29, 1.82) is 0 Å². The summed E-state index contributed by atoms with van der Waals surface area (Å²) in [6, 6.07) is 22.8. The van der Waals surface area contributed by atoms with Crippen LogP contribution in [0.15, 0.2) is 83.5 Å². The molecule has 0 radical (unpaired) electrons. The molecule has 7 heteroatoms. The molecular weight excluding hydrogens is 456 g/mol. The van der Waals surface area contributed by atoms with E-state index < -0.39 is 0 Å². The molecule has 7 nitrogen and oxygen atoms in total. The summed E-state index contributed by atoms with van der Waals surface area (Å²) >= 11 is 0. The van der Waals surface area contributed by atoms with Gasteiger partial charge in [0.2, 0.25) is 0 Å². The van der Waals surface area contributed by atoms with Gasteiger partial charge in [0.1, 0.15) is 19.0 Å². The van der Waals surface area contributed by atoms with Crippen molar-refractivity contribution in [3.63, 3.8) is 0 Å². The number of amides is 1. The van der Waals surface area contributed by atoms with E-state index in [0.717, 1.165) is 17.0 Å². The van der Waals surface area contributed by atoms with Gasteiger partial charge in [0.25, 0.3) is 5.91 Å². The highest BCUT2D eigenvalue weighted by Crippen LogP contribution is 2.30. The van der Waals surface area contributed by atoms with Gasteiger partial charge >= 0.3 is 0 Å². The molecule has 1 heterocycles. The number of carbonyl (C=O) groups excluding carboxylic acids is 1. The number of benzene rings is 3. The van der Waals surface area contributed by atoms with Crippen LogP contribution in [0.2, 0.25) is 0 Å². The van der Waals surface area contributed by atoms with Crippen molar-refractivity contribution in [3.05, 3.63) is 89.5 Å². The molecule has 4 rings (SSSR count). The van der Waals surface area contributed by atoms with E-state index in [2.05, 4.69) is 5.10 Å². The SMILES string of the molecule is COc1cc(C=C2C(=O)N(c3ccccc3)N=C2C)ccc1OCCOCCOc1ccc(C)cc1. The van der Waals surface area contributed by atoms with Crippen molar-refractivity contribution in [2.45, 2.75) is 13.8 Å². The second-order valence-electron chi connectivity index (χ2n) is 8.23. The molecule has 0 unspecified atom stereocenters. The van der Waals surface area contributed by atoms with E-state index >= 15 is 0 Å². The summed E-state index contributed by atoms with van der Waals surface area (Å²) in [4.78, 5) is 12.9. The lowest BCUT2D eigenvalue weighted by atomic mass is 10.1. The van der Waals surface area contributed by atoms with Gasteiger partial charge in [-0.3, -0.25) is 4.79 Å². The first-order valence-electron chi connectivity index (χ1n) is 11.8. The maximum atomic E-state index is 12.9. The fraction of sp³-hybridized carbons (Fsp3) is 0.241. The third-order valence-corrected chi connectivity index (χ3v) is 5.56. The van der Waals surface area contributed by atoms with E-state index in [9.17, 15) is 4.79 Å². The summed E-state index contributed by atoms with van der Waals surface area (Å²) in [5.74, 6) is 1.84. The third-order valence-electron chi connectivity index (χ3n) is 5.56. The van der Waals surface area contributed by atoms with Crippen LogP contribution >= 0.6 is 0 Å². The molecule has 186 valence electrons. The van der Waals surface area contributed by atoms with Crippen LogP contribution in [0.4, 0.5) is 5.69 Å². The zero-order valence-electron chi connectivity index (χ0n) is 20.8. The molecule has 0 aliphatic carbocycles. The molecule has 1 amide bonds. The Kier molecular flexibility index (Phi) is 8.36. The third kappa shape index (κ3) is 6.31. The van der Waals surface area contributed by atoms with Crippen molar-refractivity contribution in [3.8, 4) is 17.2 Å². The van der Waals surface area contributed by atoms with Crippen LogP contribution in [0.25, 0.3) is 6.08 Å².